The Morgan fingerprint density at radius 1 is 1.42 bits per heavy atom. The van der Waals surface area contributed by atoms with Crippen molar-refractivity contribution in [3.05, 3.63) is 48.0 Å². The lowest BCUT2D eigenvalue weighted by Crippen LogP contribution is -2.15. The second-order valence-corrected chi connectivity index (χ2v) is 5.48. The van der Waals surface area contributed by atoms with Crippen molar-refractivity contribution in [1.82, 2.24) is 4.98 Å². The molecule has 0 radical (unpaired) electrons. The molecule has 3 nitrogen and oxygen atoms in total. The summed E-state index contributed by atoms with van der Waals surface area (Å²) in [4.78, 5) is 4.96. The van der Waals surface area contributed by atoms with E-state index < -0.39 is 0 Å². The van der Waals surface area contributed by atoms with Crippen LogP contribution in [0.4, 0.5) is 10.1 Å². The van der Waals surface area contributed by atoms with Crippen molar-refractivity contribution in [2.75, 3.05) is 11.5 Å². The summed E-state index contributed by atoms with van der Waals surface area (Å²) >= 11 is 1.64. The predicted molar refractivity (Wildman–Crippen MR) is 73.9 cm³/mol. The largest absolute Gasteiger partial charge is 0.489 e. The number of pyridine rings is 1. The Morgan fingerprint density at radius 3 is 3.16 bits per heavy atom. The Hall–Kier alpha value is -1.75. The minimum Gasteiger partial charge on any atom is -0.489 e. The van der Waals surface area contributed by atoms with Crippen LogP contribution in [0.15, 0.2) is 41.6 Å². The molecule has 3 rings (SSSR count). The first-order valence-corrected chi connectivity index (χ1v) is 6.98. The average molecular weight is 276 g/mol. The molecule has 0 fully saturated rings. The normalized spacial score (nSPS) is 17.0. The SMILES string of the molecule is Nc1cnccc1SCC1Cc2cc(F)ccc2O1. The quantitative estimate of drug-likeness (QED) is 0.876. The summed E-state index contributed by atoms with van der Waals surface area (Å²) in [6.07, 6.45) is 4.17. The van der Waals surface area contributed by atoms with Gasteiger partial charge in [-0.05, 0) is 24.3 Å². The van der Waals surface area contributed by atoms with Crippen LogP contribution in [-0.4, -0.2) is 16.8 Å². The number of hydrogen-bond donors (Lipinski definition) is 1. The summed E-state index contributed by atoms with van der Waals surface area (Å²) in [7, 11) is 0. The molecule has 1 aliphatic heterocycles. The number of nitrogens with two attached hydrogens (primary N) is 1. The van der Waals surface area contributed by atoms with Gasteiger partial charge in [-0.25, -0.2) is 4.39 Å². The summed E-state index contributed by atoms with van der Waals surface area (Å²) in [6, 6.07) is 6.55. The standard InChI is InChI=1S/C14H13FN2OS/c15-10-1-2-13-9(5-10)6-11(18-13)8-19-14-3-4-17-7-12(14)16/h1-5,7,11H,6,8,16H2. The fourth-order valence-electron chi connectivity index (χ4n) is 2.09. The molecule has 1 aromatic heterocycles. The molecule has 2 aromatic rings. The lowest BCUT2D eigenvalue weighted by Gasteiger charge is -2.10. The van der Waals surface area contributed by atoms with Gasteiger partial charge in [0.15, 0.2) is 0 Å². The first-order valence-electron chi connectivity index (χ1n) is 6.00. The number of anilines is 1. The molecule has 5 heteroatoms. The highest BCUT2D eigenvalue weighted by Crippen LogP contribution is 2.33. The molecule has 0 aliphatic carbocycles. The number of rotatable bonds is 3. The van der Waals surface area contributed by atoms with Crippen LogP contribution in [0.3, 0.4) is 0 Å². The monoisotopic (exact) mass is 276 g/mol. The summed E-state index contributed by atoms with van der Waals surface area (Å²) in [5.74, 6) is 1.36. The Labute approximate surface area is 115 Å². The van der Waals surface area contributed by atoms with Gasteiger partial charge in [-0.3, -0.25) is 4.98 Å². The van der Waals surface area contributed by atoms with Crippen molar-refractivity contribution in [2.45, 2.75) is 17.4 Å². The molecule has 1 unspecified atom stereocenters. The molecule has 2 heterocycles. The lowest BCUT2D eigenvalue weighted by molar-refractivity contribution is 0.259. The molecule has 0 spiro atoms. The van der Waals surface area contributed by atoms with E-state index in [1.807, 2.05) is 6.07 Å². The highest BCUT2D eigenvalue weighted by molar-refractivity contribution is 7.99. The summed E-state index contributed by atoms with van der Waals surface area (Å²) < 4.78 is 18.9. The Morgan fingerprint density at radius 2 is 2.32 bits per heavy atom. The Balaban J connectivity index is 1.63. The van der Waals surface area contributed by atoms with Gasteiger partial charge < -0.3 is 10.5 Å². The van der Waals surface area contributed by atoms with Crippen LogP contribution in [0, 0.1) is 5.82 Å². The molecule has 0 saturated carbocycles. The third-order valence-corrected chi connectivity index (χ3v) is 4.22. The summed E-state index contributed by atoms with van der Waals surface area (Å²) in [5, 5.41) is 0. The molecule has 1 aliphatic rings. The maximum absolute atomic E-state index is 13.1. The fourth-order valence-corrected chi connectivity index (χ4v) is 3.02. The van der Waals surface area contributed by atoms with Crippen molar-refractivity contribution in [1.29, 1.82) is 0 Å². The second kappa shape index (κ2) is 5.09. The number of thioether (sulfide) groups is 1. The van der Waals surface area contributed by atoms with E-state index in [4.69, 9.17) is 10.5 Å². The van der Waals surface area contributed by atoms with Gasteiger partial charge in [-0.1, -0.05) is 0 Å². The third kappa shape index (κ3) is 2.66. The highest BCUT2D eigenvalue weighted by atomic mass is 32.2. The number of nitrogen functional groups attached to an aromatic ring is 1. The average Bonchev–Trinajstić information content (AvgIpc) is 2.79. The zero-order valence-corrected chi connectivity index (χ0v) is 11.0. The van der Waals surface area contributed by atoms with Crippen molar-refractivity contribution < 1.29 is 9.13 Å². The van der Waals surface area contributed by atoms with Crippen LogP contribution in [0.1, 0.15) is 5.56 Å². The van der Waals surface area contributed by atoms with E-state index in [9.17, 15) is 4.39 Å². The van der Waals surface area contributed by atoms with Gasteiger partial charge in [0.25, 0.3) is 0 Å². The van der Waals surface area contributed by atoms with Crippen LogP contribution in [0.2, 0.25) is 0 Å². The van der Waals surface area contributed by atoms with Crippen molar-refractivity contribution in [2.24, 2.45) is 0 Å². The van der Waals surface area contributed by atoms with Crippen LogP contribution in [-0.2, 0) is 6.42 Å². The summed E-state index contributed by atoms with van der Waals surface area (Å²) in [5.41, 5.74) is 7.45. The number of halogens is 1. The van der Waals surface area contributed by atoms with Gasteiger partial charge in [0.05, 0.1) is 11.9 Å². The molecule has 0 amide bonds. The van der Waals surface area contributed by atoms with Crippen LogP contribution < -0.4 is 10.5 Å². The minimum absolute atomic E-state index is 0.0642. The van der Waals surface area contributed by atoms with Gasteiger partial charge in [-0.15, -0.1) is 11.8 Å². The van der Waals surface area contributed by atoms with Gasteiger partial charge in [0.1, 0.15) is 17.7 Å². The van der Waals surface area contributed by atoms with Gasteiger partial charge in [-0.2, -0.15) is 0 Å². The maximum Gasteiger partial charge on any atom is 0.123 e. The molecule has 98 valence electrons. The zero-order valence-electron chi connectivity index (χ0n) is 10.2. The van der Waals surface area contributed by atoms with E-state index in [-0.39, 0.29) is 11.9 Å². The van der Waals surface area contributed by atoms with E-state index in [1.165, 1.54) is 6.07 Å². The predicted octanol–water partition coefficient (Wildman–Crippen LogP) is 2.90. The molecule has 1 atom stereocenters. The van der Waals surface area contributed by atoms with E-state index in [0.29, 0.717) is 5.69 Å². The van der Waals surface area contributed by atoms with Crippen molar-refractivity contribution in [3.8, 4) is 5.75 Å². The molecule has 0 saturated heterocycles. The van der Waals surface area contributed by atoms with Crippen LogP contribution in [0.25, 0.3) is 0 Å². The Bertz CT molecular complexity index is 606. The number of nitrogens with zero attached hydrogens (tertiary/aromatic N) is 1. The van der Waals surface area contributed by atoms with Crippen molar-refractivity contribution >= 4 is 17.4 Å². The maximum atomic E-state index is 13.1. The third-order valence-electron chi connectivity index (χ3n) is 3.00. The zero-order chi connectivity index (χ0) is 13.2. The first kappa shape index (κ1) is 12.3. The molecule has 1 aromatic carbocycles. The summed E-state index contributed by atoms with van der Waals surface area (Å²) in [6.45, 7) is 0. The smallest absolute Gasteiger partial charge is 0.123 e. The lowest BCUT2D eigenvalue weighted by atomic mass is 10.1. The number of aromatic nitrogens is 1. The van der Waals surface area contributed by atoms with Gasteiger partial charge in [0, 0.05) is 28.8 Å². The van der Waals surface area contributed by atoms with Gasteiger partial charge in [0.2, 0.25) is 0 Å². The topological polar surface area (TPSA) is 48.1 Å². The van der Waals surface area contributed by atoms with E-state index in [1.54, 1.807) is 36.3 Å². The minimum atomic E-state index is -0.214. The van der Waals surface area contributed by atoms with Gasteiger partial charge >= 0.3 is 0 Å². The van der Waals surface area contributed by atoms with E-state index in [2.05, 4.69) is 4.98 Å². The van der Waals surface area contributed by atoms with E-state index >= 15 is 0 Å². The number of fused-ring (bicyclic) bond motifs is 1. The molecular formula is C14H13FN2OS. The number of hydrogen-bond acceptors (Lipinski definition) is 4. The van der Waals surface area contributed by atoms with Crippen molar-refractivity contribution in [3.63, 3.8) is 0 Å². The first-order chi connectivity index (χ1) is 9.22. The molecule has 0 bridgehead atoms. The Kier molecular flexibility index (Phi) is 3.29. The molecule has 2 N–H and O–H groups in total. The van der Waals surface area contributed by atoms with E-state index in [0.717, 1.165) is 28.4 Å². The molecular weight excluding hydrogens is 263 g/mol. The molecule has 19 heavy (non-hydrogen) atoms. The second-order valence-electron chi connectivity index (χ2n) is 4.42. The van der Waals surface area contributed by atoms with Crippen LogP contribution >= 0.6 is 11.8 Å². The van der Waals surface area contributed by atoms with Crippen LogP contribution in [0.5, 0.6) is 5.75 Å². The highest BCUT2D eigenvalue weighted by Gasteiger charge is 2.23. The number of benzene rings is 1. The number of ether oxygens (including phenoxy) is 1. The fraction of sp³-hybridized carbons (Fsp3) is 0.214.